The van der Waals surface area contributed by atoms with Crippen LogP contribution in [0.25, 0.3) is 0 Å². The van der Waals surface area contributed by atoms with Crippen LogP contribution in [0.1, 0.15) is 18.1 Å². The van der Waals surface area contributed by atoms with Crippen molar-refractivity contribution in [3.8, 4) is 5.75 Å². The molecule has 0 saturated carbocycles. The van der Waals surface area contributed by atoms with Crippen molar-refractivity contribution in [1.82, 2.24) is 10.4 Å². The lowest BCUT2D eigenvalue weighted by atomic mass is 10.2. The van der Waals surface area contributed by atoms with Gasteiger partial charge in [0.2, 0.25) is 5.91 Å². The monoisotopic (exact) mass is 331 g/mol. The number of nitrogens with one attached hydrogen (secondary N) is 1. The summed E-state index contributed by atoms with van der Waals surface area (Å²) in [4.78, 5) is 11.1. The lowest BCUT2D eigenvalue weighted by Gasteiger charge is -2.23. The molecule has 1 atom stereocenters. The number of benzene rings is 2. The molecule has 0 spiro atoms. The summed E-state index contributed by atoms with van der Waals surface area (Å²) in [5, 5.41) is 1.67. The van der Waals surface area contributed by atoms with E-state index in [0.717, 1.165) is 11.1 Å². The van der Waals surface area contributed by atoms with Gasteiger partial charge in [-0.05, 0) is 42.3 Å². The van der Waals surface area contributed by atoms with Crippen molar-refractivity contribution in [2.75, 3.05) is 7.05 Å². The van der Waals surface area contributed by atoms with Crippen LogP contribution in [0.5, 0.6) is 5.75 Å². The van der Waals surface area contributed by atoms with E-state index in [0.29, 0.717) is 18.9 Å². The predicted molar refractivity (Wildman–Crippen MR) is 90.4 cm³/mol. The number of halogens is 1. The zero-order valence-electron chi connectivity index (χ0n) is 13.8. The molecule has 0 heterocycles. The summed E-state index contributed by atoms with van der Waals surface area (Å²) in [6.07, 6.45) is 0. The molecule has 0 aromatic heterocycles. The summed E-state index contributed by atoms with van der Waals surface area (Å²) in [5.74, 6) is 0.0296. The minimum absolute atomic E-state index is 0.277. The van der Waals surface area contributed by atoms with Crippen molar-refractivity contribution >= 4 is 5.91 Å². The van der Waals surface area contributed by atoms with Crippen LogP contribution < -0.4 is 15.9 Å². The molecule has 0 saturated heterocycles. The molecular formula is C18H22FN3O2. The minimum Gasteiger partial charge on any atom is -0.489 e. The van der Waals surface area contributed by atoms with Crippen LogP contribution in [-0.2, 0) is 17.9 Å². The molecule has 0 aliphatic rings. The number of nitrogens with two attached hydrogens (primary N) is 1. The highest BCUT2D eigenvalue weighted by Gasteiger charge is 2.13. The summed E-state index contributed by atoms with van der Waals surface area (Å²) in [6, 6.07) is 13.5. The maximum atomic E-state index is 13.2. The highest BCUT2D eigenvalue weighted by atomic mass is 19.1. The Balaban J connectivity index is 1.90. The van der Waals surface area contributed by atoms with Crippen LogP contribution in [0.3, 0.4) is 0 Å². The highest BCUT2D eigenvalue weighted by Crippen LogP contribution is 2.15. The number of nitrogens with zero attached hydrogens (tertiary/aromatic N) is 1. The Morgan fingerprint density at radius 1 is 1.25 bits per heavy atom. The number of hydrogen-bond donors (Lipinski definition) is 2. The van der Waals surface area contributed by atoms with Gasteiger partial charge in [0.15, 0.2) is 0 Å². The SMILES string of the molecule is CC(C(N)=O)N(C)NCc1cccc(OCc2cccc(F)c2)c1. The van der Waals surface area contributed by atoms with E-state index in [-0.39, 0.29) is 5.82 Å². The van der Waals surface area contributed by atoms with E-state index in [4.69, 9.17) is 10.5 Å². The smallest absolute Gasteiger partial charge is 0.235 e. The van der Waals surface area contributed by atoms with Crippen molar-refractivity contribution in [3.05, 3.63) is 65.5 Å². The first kappa shape index (κ1) is 17.9. The Bertz CT molecular complexity index is 693. The van der Waals surface area contributed by atoms with Gasteiger partial charge in [-0.1, -0.05) is 24.3 Å². The quantitative estimate of drug-likeness (QED) is 0.728. The van der Waals surface area contributed by atoms with E-state index >= 15 is 0 Å². The lowest BCUT2D eigenvalue weighted by molar-refractivity contribution is -0.123. The second-order valence-corrected chi connectivity index (χ2v) is 5.59. The molecular weight excluding hydrogens is 309 g/mol. The number of hydrogen-bond acceptors (Lipinski definition) is 4. The molecule has 2 rings (SSSR count). The van der Waals surface area contributed by atoms with E-state index in [1.54, 1.807) is 25.0 Å². The van der Waals surface area contributed by atoms with Crippen LogP contribution in [-0.4, -0.2) is 24.0 Å². The third kappa shape index (κ3) is 5.33. The molecule has 5 nitrogen and oxygen atoms in total. The molecule has 2 aromatic rings. The Hall–Kier alpha value is -2.44. The van der Waals surface area contributed by atoms with Gasteiger partial charge in [-0.25, -0.2) is 9.40 Å². The summed E-state index contributed by atoms with van der Waals surface area (Å²) in [5.41, 5.74) is 10.2. The van der Waals surface area contributed by atoms with Gasteiger partial charge in [-0.2, -0.15) is 0 Å². The molecule has 0 radical (unpaired) electrons. The van der Waals surface area contributed by atoms with Gasteiger partial charge >= 0.3 is 0 Å². The molecule has 0 aliphatic carbocycles. The van der Waals surface area contributed by atoms with E-state index in [9.17, 15) is 9.18 Å². The van der Waals surface area contributed by atoms with Crippen molar-refractivity contribution in [1.29, 1.82) is 0 Å². The molecule has 1 amide bonds. The van der Waals surface area contributed by atoms with Crippen molar-refractivity contribution in [3.63, 3.8) is 0 Å². The predicted octanol–water partition coefficient (Wildman–Crippen LogP) is 2.21. The molecule has 0 bridgehead atoms. The number of likely N-dealkylation sites (N-methyl/N-ethyl adjacent to an activating group) is 1. The van der Waals surface area contributed by atoms with Gasteiger partial charge in [0.05, 0.1) is 6.04 Å². The highest BCUT2D eigenvalue weighted by molar-refractivity contribution is 5.79. The third-order valence-electron chi connectivity index (χ3n) is 3.72. The lowest BCUT2D eigenvalue weighted by Crippen LogP contribution is -2.47. The average molecular weight is 331 g/mol. The number of primary amides is 1. The van der Waals surface area contributed by atoms with Crippen LogP contribution in [0.15, 0.2) is 48.5 Å². The number of carbonyl (C=O) groups is 1. The fraction of sp³-hybridized carbons (Fsp3) is 0.278. The summed E-state index contributed by atoms with van der Waals surface area (Å²) in [6.45, 7) is 2.56. The first-order valence-corrected chi connectivity index (χ1v) is 7.67. The summed E-state index contributed by atoms with van der Waals surface area (Å²) in [7, 11) is 1.76. The first-order valence-electron chi connectivity index (χ1n) is 7.67. The zero-order valence-corrected chi connectivity index (χ0v) is 13.8. The number of carbonyl (C=O) groups excluding carboxylic acids is 1. The van der Waals surface area contributed by atoms with Crippen molar-refractivity contribution < 1.29 is 13.9 Å². The van der Waals surface area contributed by atoms with Gasteiger partial charge in [0, 0.05) is 13.6 Å². The Morgan fingerprint density at radius 2 is 1.96 bits per heavy atom. The summed E-state index contributed by atoms with van der Waals surface area (Å²) < 4.78 is 18.9. The molecule has 128 valence electrons. The van der Waals surface area contributed by atoms with Crippen LogP contribution in [0.2, 0.25) is 0 Å². The van der Waals surface area contributed by atoms with Gasteiger partial charge < -0.3 is 10.5 Å². The summed E-state index contributed by atoms with van der Waals surface area (Å²) >= 11 is 0. The fourth-order valence-corrected chi connectivity index (χ4v) is 2.08. The molecule has 1 unspecified atom stereocenters. The average Bonchev–Trinajstić information content (AvgIpc) is 2.57. The second kappa shape index (κ2) is 8.42. The standard InChI is InChI=1S/C18H22FN3O2/c1-13(18(20)23)22(2)21-11-14-5-4-8-17(10-14)24-12-15-6-3-7-16(19)9-15/h3-10,13,21H,11-12H2,1-2H3,(H2,20,23). The van der Waals surface area contributed by atoms with Crippen LogP contribution in [0.4, 0.5) is 4.39 Å². The number of rotatable bonds is 8. The molecule has 24 heavy (non-hydrogen) atoms. The van der Waals surface area contributed by atoms with Gasteiger partial charge in [0.25, 0.3) is 0 Å². The molecule has 3 N–H and O–H groups in total. The maximum Gasteiger partial charge on any atom is 0.235 e. The van der Waals surface area contributed by atoms with Gasteiger partial charge in [-0.3, -0.25) is 10.2 Å². The van der Waals surface area contributed by atoms with Crippen molar-refractivity contribution in [2.45, 2.75) is 26.1 Å². The van der Waals surface area contributed by atoms with Crippen molar-refractivity contribution in [2.24, 2.45) is 5.73 Å². The Labute approximate surface area is 141 Å². The first-order chi connectivity index (χ1) is 11.5. The number of ether oxygens (including phenoxy) is 1. The Morgan fingerprint density at radius 3 is 2.67 bits per heavy atom. The molecule has 2 aromatic carbocycles. The Kier molecular flexibility index (Phi) is 6.28. The third-order valence-corrected chi connectivity index (χ3v) is 3.72. The van der Waals surface area contributed by atoms with Crippen LogP contribution >= 0.6 is 0 Å². The van der Waals surface area contributed by atoms with E-state index in [2.05, 4.69) is 5.43 Å². The topological polar surface area (TPSA) is 67.6 Å². The van der Waals surface area contributed by atoms with Gasteiger partial charge in [0.1, 0.15) is 18.2 Å². The molecule has 6 heteroatoms. The van der Waals surface area contributed by atoms with Crippen LogP contribution in [0, 0.1) is 5.82 Å². The largest absolute Gasteiger partial charge is 0.489 e. The van der Waals surface area contributed by atoms with E-state index < -0.39 is 11.9 Å². The normalized spacial score (nSPS) is 12.2. The van der Waals surface area contributed by atoms with Gasteiger partial charge in [-0.15, -0.1) is 0 Å². The zero-order chi connectivity index (χ0) is 17.5. The number of hydrazine groups is 1. The maximum absolute atomic E-state index is 13.2. The minimum atomic E-state index is -0.405. The van der Waals surface area contributed by atoms with E-state index in [1.807, 2.05) is 30.3 Å². The number of amides is 1. The molecule has 0 aliphatic heterocycles. The van der Waals surface area contributed by atoms with E-state index in [1.165, 1.54) is 12.1 Å². The second-order valence-electron chi connectivity index (χ2n) is 5.59. The fourth-order valence-electron chi connectivity index (χ4n) is 2.08. The molecule has 0 fully saturated rings.